The average Bonchev–Trinajstić information content (AvgIpc) is 3.24. The number of hydrogen-bond acceptors (Lipinski definition) is 4. The Morgan fingerprint density at radius 2 is 1.78 bits per heavy atom. The number of likely N-dealkylation sites (N-methyl/N-ethyl adjacent to an activating group) is 1. The number of aromatic amines is 1. The van der Waals surface area contributed by atoms with Gasteiger partial charge >= 0.3 is 0 Å². The van der Waals surface area contributed by atoms with E-state index in [4.69, 9.17) is 5.73 Å². The largest absolute Gasteiger partial charge is 0.370 e. The summed E-state index contributed by atoms with van der Waals surface area (Å²) in [4.78, 5) is 27.6. The second-order valence-corrected chi connectivity index (χ2v) is 7.72. The number of amides is 2. The molecule has 0 fully saturated rings. The van der Waals surface area contributed by atoms with E-state index in [1.54, 1.807) is 17.0 Å². The van der Waals surface area contributed by atoms with Crippen LogP contribution in [0.1, 0.15) is 18.5 Å². The summed E-state index contributed by atoms with van der Waals surface area (Å²) in [5.74, 6) is -0.797. The first-order valence-corrected chi connectivity index (χ1v) is 10.5. The highest BCUT2D eigenvalue weighted by atomic mass is 19.1. The van der Waals surface area contributed by atoms with E-state index < -0.39 is 5.91 Å². The standard InChI is InChI=1S/C24H28FN5O2/c1-29(17-24(32)30(15-13-23(26)31)21-7-3-2-4-8-21)14-5-6-20-16-22(28-27-20)18-9-11-19(25)12-10-18/h2-4,7-12,16H,5-6,13-15,17H2,1H3,(H2,26,31)(H,27,28). The van der Waals surface area contributed by atoms with E-state index in [1.807, 2.05) is 48.3 Å². The number of aryl methyl sites for hydroxylation is 1. The lowest BCUT2D eigenvalue weighted by molar-refractivity contribution is -0.119. The lowest BCUT2D eigenvalue weighted by Crippen LogP contribution is -2.41. The van der Waals surface area contributed by atoms with Gasteiger partial charge in [-0.15, -0.1) is 0 Å². The number of para-hydroxylation sites is 1. The Morgan fingerprint density at radius 1 is 1.06 bits per heavy atom. The molecule has 1 aromatic heterocycles. The lowest BCUT2D eigenvalue weighted by atomic mass is 10.1. The maximum atomic E-state index is 13.1. The third kappa shape index (κ3) is 6.75. The Kier molecular flexibility index (Phi) is 8.10. The lowest BCUT2D eigenvalue weighted by Gasteiger charge is -2.25. The van der Waals surface area contributed by atoms with Gasteiger partial charge < -0.3 is 10.6 Å². The van der Waals surface area contributed by atoms with Crippen LogP contribution in [0, 0.1) is 5.82 Å². The maximum Gasteiger partial charge on any atom is 0.241 e. The summed E-state index contributed by atoms with van der Waals surface area (Å²) in [5.41, 5.74) is 8.64. The highest BCUT2D eigenvalue weighted by Gasteiger charge is 2.18. The molecule has 0 radical (unpaired) electrons. The van der Waals surface area contributed by atoms with Crippen LogP contribution in [0.4, 0.5) is 10.1 Å². The molecule has 0 aliphatic rings. The van der Waals surface area contributed by atoms with E-state index in [0.717, 1.165) is 42.0 Å². The quantitative estimate of drug-likeness (QED) is 0.482. The van der Waals surface area contributed by atoms with Crippen LogP contribution in [0.15, 0.2) is 60.7 Å². The first-order chi connectivity index (χ1) is 15.4. The van der Waals surface area contributed by atoms with E-state index in [9.17, 15) is 14.0 Å². The van der Waals surface area contributed by atoms with E-state index in [-0.39, 0.29) is 31.2 Å². The smallest absolute Gasteiger partial charge is 0.241 e. The second kappa shape index (κ2) is 11.2. The molecule has 32 heavy (non-hydrogen) atoms. The van der Waals surface area contributed by atoms with E-state index >= 15 is 0 Å². The molecule has 3 N–H and O–H groups in total. The first-order valence-electron chi connectivity index (χ1n) is 10.5. The number of primary amides is 1. The molecule has 2 amide bonds. The molecule has 0 aliphatic carbocycles. The fourth-order valence-electron chi connectivity index (χ4n) is 3.42. The monoisotopic (exact) mass is 437 g/mol. The molecule has 0 bridgehead atoms. The van der Waals surface area contributed by atoms with Crippen molar-refractivity contribution in [3.05, 3.63) is 72.2 Å². The Balaban J connectivity index is 1.50. The Bertz CT molecular complexity index is 1020. The average molecular weight is 438 g/mol. The minimum Gasteiger partial charge on any atom is -0.370 e. The predicted octanol–water partition coefficient (Wildman–Crippen LogP) is 2.99. The number of carbonyl (C=O) groups is 2. The van der Waals surface area contributed by atoms with Gasteiger partial charge in [0.05, 0.1) is 12.2 Å². The van der Waals surface area contributed by atoms with E-state index in [2.05, 4.69) is 10.2 Å². The second-order valence-electron chi connectivity index (χ2n) is 7.72. The van der Waals surface area contributed by atoms with Crippen LogP contribution in [0.2, 0.25) is 0 Å². The van der Waals surface area contributed by atoms with Crippen LogP contribution >= 0.6 is 0 Å². The van der Waals surface area contributed by atoms with Gasteiger partial charge in [0.2, 0.25) is 11.8 Å². The van der Waals surface area contributed by atoms with Crippen molar-refractivity contribution in [3.63, 3.8) is 0 Å². The minimum absolute atomic E-state index is 0.0833. The zero-order chi connectivity index (χ0) is 22.9. The highest BCUT2D eigenvalue weighted by molar-refractivity contribution is 5.95. The zero-order valence-corrected chi connectivity index (χ0v) is 18.1. The molecule has 8 heteroatoms. The van der Waals surface area contributed by atoms with Crippen molar-refractivity contribution in [2.24, 2.45) is 5.73 Å². The molecular formula is C24H28FN5O2. The van der Waals surface area contributed by atoms with Gasteiger partial charge in [-0.1, -0.05) is 18.2 Å². The van der Waals surface area contributed by atoms with Crippen molar-refractivity contribution in [2.75, 3.05) is 31.6 Å². The van der Waals surface area contributed by atoms with Crippen molar-refractivity contribution in [1.82, 2.24) is 15.1 Å². The SMILES string of the molecule is CN(CCCc1cc(-c2ccc(F)cc2)n[nH]1)CC(=O)N(CCC(N)=O)c1ccccc1. The molecule has 0 aliphatic heterocycles. The van der Waals surface area contributed by atoms with Crippen molar-refractivity contribution in [1.29, 1.82) is 0 Å². The molecule has 0 unspecified atom stereocenters. The number of rotatable bonds is 11. The summed E-state index contributed by atoms with van der Waals surface area (Å²) < 4.78 is 13.1. The third-order valence-electron chi connectivity index (χ3n) is 5.11. The third-order valence-corrected chi connectivity index (χ3v) is 5.11. The highest BCUT2D eigenvalue weighted by Crippen LogP contribution is 2.19. The number of nitrogens with one attached hydrogen (secondary N) is 1. The van der Waals surface area contributed by atoms with Crippen LogP contribution in [0.3, 0.4) is 0 Å². The molecule has 0 saturated heterocycles. The van der Waals surface area contributed by atoms with Crippen LogP contribution < -0.4 is 10.6 Å². The molecule has 1 heterocycles. The molecule has 3 rings (SSSR count). The molecule has 168 valence electrons. The number of nitrogens with two attached hydrogens (primary N) is 1. The van der Waals surface area contributed by atoms with Crippen LogP contribution in [0.5, 0.6) is 0 Å². The van der Waals surface area contributed by atoms with Gasteiger partial charge in [-0.2, -0.15) is 5.10 Å². The Morgan fingerprint density at radius 3 is 2.47 bits per heavy atom. The molecule has 3 aromatic rings. The molecule has 0 spiro atoms. The number of anilines is 1. The predicted molar refractivity (Wildman–Crippen MR) is 122 cm³/mol. The molecular weight excluding hydrogens is 409 g/mol. The van der Waals surface area contributed by atoms with Crippen LogP contribution in [0.25, 0.3) is 11.3 Å². The summed E-state index contributed by atoms with van der Waals surface area (Å²) in [6, 6.07) is 17.5. The van der Waals surface area contributed by atoms with Crippen LogP contribution in [-0.2, 0) is 16.0 Å². The number of carbonyl (C=O) groups excluding carboxylic acids is 2. The number of H-pyrrole nitrogens is 1. The number of halogens is 1. The van der Waals surface area contributed by atoms with Gasteiger partial charge in [-0.3, -0.25) is 19.6 Å². The Labute approximate surface area is 187 Å². The van der Waals surface area contributed by atoms with Gasteiger partial charge in [0.25, 0.3) is 0 Å². The van der Waals surface area contributed by atoms with Crippen molar-refractivity contribution in [2.45, 2.75) is 19.3 Å². The fraction of sp³-hybridized carbons (Fsp3) is 0.292. The van der Waals surface area contributed by atoms with Gasteiger partial charge in [0.1, 0.15) is 5.82 Å². The Hall–Kier alpha value is -3.52. The first kappa shape index (κ1) is 23.1. The van der Waals surface area contributed by atoms with Crippen molar-refractivity contribution >= 4 is 17.5 Å². The van der Waals surface area contributed by atoms with Gasteiger partial charge in [0, 0.05) is 29.9 Å². The van der Waals surface area contributed by atoms with E-state index in [1.165, 1.54) is 12.1 Å². The molecule has 0 saturated carbocycles. The summed E-state index contributed by atoms with van der Waals surface area (Å²) in [5, 5.41) is 7.31. The van der Waals surface area contributed by atoms with Gasteiger partial charge in [0.15, 0.2) is 0 Å². The number of hydrogen-bond donors (Lipinski definition) is 2. The summed E-state index contributed by atoms with van der Waals surface area (Å²) in [6.45, 7) is 1.21. The fourth-order valence-corrected chi connectivity index (χ4v) is 3.42. The number of aromatic nitrogens is 2. The summed E-state index contributed by atoms with van der Waals surface area (Å²) >= 11 is 0. The van der Waals surface area contributed by atoms with Gasteiger partial charge in [-0.05, 0) is 68.9 Å². The summed E-state index contributed by atoms with van der Waals surface area (Å²) in [7, 11) is 1.89. The minimum atomic E-state index is -0.438. The van der Waals surface area contributed by atoms with E-state index in [0.29, 0.717) is 0 Å². The number of benzene rings is 2. The zero-order valence-electron chi connectivity index (χ0n) is 18.1. The molecule has 0 atom stereocenters. The molecule has 7 nitrogen and oxygen atoms in total. The topological polar surface area (TPSA) is 95.3 Å². The molecule has 2 aromatic carbocycles. The summed E-state index contributed by atoms with van der Waals surface area (Å²) in [6.07, 6.45) is 1.72. The number of nitrogens with zero attached hydrogens (tertiary/aromatic N) is 3. The van der Waals surface area contributed by atoms with Crippen molar-refractivity contribution in [3.8, 4) is 11.3 Å². The van der Waals surface area contributed by atoms with Gasteiger partial charge in [-0.25, -0.2) is 4.39 Å². The van der Waals surface area contributed by atoms with Crippen LogP contribution in [-0.4, -0.2) is 53.6 Å². The normalized spacial score (nSPS) is 11.0. The van der Waals surface area contributed by atoms with Crippen molar-refractivity contribution < 1.29 is 14.0 Å². The maximum absolute atomic E-state index is 13.1.